The topological polar surface area (TPSA) is 20.3 Å². The summed E-state index contributed by atoms with van der Waals surface area (Å²) >= 11 is 0. The number of hydrogen-bond acceptors (Lipinski definition) is 1. The number of rotatable bonds is 3. The zero-order valence-electron chi connectivity index (χ0n) is 10.3. The standard InChI is InChI=1S/C15H17NO/c1-12(17)16(2)11-10-14-8-5-7-13-6-3-4-9-15(13)14/h3-9H,10-11H2,1-2H3. The number of amides is 1. The molecule has 88 valence electrons. The molecular formula is C15H17NO. The third-order valence-electron chi connectivity index (χ3n) is 3.13. The van der Waals surface area contributed by atoms with Gasteiger partial charge in [-0.05, 0) is 22.8 Å². The Hall–Kier alpha value is -1.83. The van der Waals surface area contributed by atoms with Crippen LogP contribution in [0, 0.1) is 0 Å². The number of carbonyl (C=O) groups excluding carboxylic acids is 1. The maximum atomic E-state index is 11.2. The number of hydrogen-bond donors (Lipinski definition) is 0. The fraction of sp³-hybridized carbons (Fsp3) is 0.267. The number of nitrogens with zero attached hydrogens (tertiary/aromatic N) is 1. The maximum Gasteiger partial charge on any atom is 0.219 e. The molecule has 0 unspecified atom stereocenters. The van der Waals surface area contributed by atoms with Crippen molar-refractivity contribution in [3.05, 3.63) is 48.0 Å². The average molecular weight is 227 g/mol. The first-order valence-corrected chi connectivity index (χ1v) is 5.87. The molecule has 0 radical (unpaired) electrons. The summed E-state index contributed by atoms with van der Waals surface area (Å²) in [6.45, 7) is 2.37. The van der Waals surface area contributed by atoms with E-state index in [0.717, 1.165) is 13.0 Å². The van der Waals surface area contributed by atoms with Gasteiger partial charge in [0.2, 0.25) is 5.91 Å². The van der Waals surface area contributed by atoms with Crippen LogP contribution in [-0.4, -0.2) is 24.4 Å². The molecule has 0 aliphatic heterocycles. The normalized spacial score (nSPS) is 10.5. The summed E-state index contributed by atoms with van der Waals surface area (Å²) in [6.07, 6.45) is 0.900. The molecule has 0 aliphatic carbocycles. The van der Waals surface area contributed by atoms with E-state index in [4.69, 9.17) is 0 Å². The zero-order valence-corrected chi connectivity index (χ0v) is 10.3. The molecule has 2 nitrogen and oxygen atoms in total. The monoisotopic (exact) mass is 227 g/mol. The van der Waals surface area contributed by atoms with E-state index < -0.39 is 0 Å². The first kappa shape index (κ1) is 11.6. The van der Waals surface area contributed by atoms with E-state index >= 15 is 0 Å². The summed E-state index contributed by atoms with van der Waals surface area (Å²) in [5, 5.41) is 2.54. The lowest BCUT2D eigenvalue weighted by Gasteiger charge is -2.15. The van der Waals surface area contributed by atoms with Crippen molar-refractivity contribution in [2.75, 3.05) is 13.6 Å². The SMILES string of the molecule is CC(=O)N(C)CCc1cccc2ccccc12. The van der Waals surface area contributed by atoms with Crippen molar-refractivity contribution in [3.63, 3.8) is 0 Å². The molecule has 0 bridgehead atoms. The largest absolute Gasteiger partial charge is 0.346 e. The molecular weight excluding hydrogens is 210 g/mol. The molecule has 17 heavy (non-hydrogen) atoms. The lowest BCUT2D eigenvalue weighted by Crippen LogP contribution is -2.26. The molecule has 2 aromatic rings. The van der Waals surface area contributed by atoms with Crippen molar-refractivity contribution in [1.82, 2.24) is 4.90 Å². The van der Waals surface area contributed by atoms with Gasteiger partial charge in [0.15, 0.2) is 0 Å². The number of carbonyl (C=O) groups is 1. The molecule has 1 amide bonds. The van der Waals surface area contributed by atoms with Crippen LogP contribution in [0.4, 0.5) is 0 Å². The van der Waals surface area contributed by atoms with Crippen LogP contribution in [0.3, 0.4) is 0 Å². The quantitative estimate of drug-likeness (QED) is 0.789. The van der Waals surface area contributed by atoms with Crippen molar-refractivity contribution in [2.24, 2.45) is 0 Å². The van der Waals surface area contributed by atoms with E-state index in [1.165, 1.54) is 16.3 Å². The summed E-state index contributed by atoms with van der Waals surface area (Å²) in [5.41, 5.74) is 1.30. The summed E-state index contributed by atoms with van der Waals surface area (Å²) < 4.78 is 0. The lowest BCUT2D eigenvalue weighted by atomic mass is 10.0. The summed E-state index contributed by atoms with van der Waals surface area (Å²) in [4.78, 5) is 12.9. The predicted molar refractivity (Wildman–Crippen MR) is 71.0 cm³/mol. The highest BCUT2D eigenvalue weighted by atomic mass is 16.2. The van der Waals surface area contributed by atoms with Gasteiger partial charge in [0.25, 0.3) is 0 Å². The molecule has 0 aliphatic rings. The van der Waals surface area contributed by atoms with E-state index in [9.17, 15) is 4.79 Å². The Morgan fingerprint density at radius 2 is 1.82 bits per heavy atom. The smallest absolute Gasteiger partial charge is 0.219 e. The minimum Gasteiger partial charge on any atom is -0.346 e. The first-order chi connectivity index (χ1) is 8.18. The third kappa shape index (κ3) is 2.64. The first-order valence-electron chi connectivity index (χ1n) is 5.87. The minimum absolute atomic E-state index is 0.116. The second kappa shape index (κ2) is 5.00. The Morgan fingerprint density at radius 1 is 1.12 bits per heavy atom. The molecule has 0 fully saturated rings. The highest BCUT2D eigenvalue weighted by molar-refractivity contribution is 5.85. The Labute approximate surface area is 102 Å². The third-order valence-corrected chi connectivity index (χ3v) is 3.13. The van der Waals surface area contributed by atoms with Gasteiger partial charge < -0.3 is 4.90 Å². The van der Waals surface area contributed by atoms with Crippen molar-refractivity contribution < 1.29 is 4.79 Å². The average Bonchev–Trinajstić information content (AvgIpc) is 2.35. The van der Waals surface area contributed by atoms with Gasteiger partial charge in [0.05, 0.1) is 0 Å². The Morgan fingerprint density at radius 3 is 2.59 bits per heavy atom. The molecule has 2 rings (SSSR count). The Kier molecular flexibility index (Phi) is 3.43. The van der Waals surface area contributed by atoms with Crippen molar-refractivity contribution in [1.29, 1.82) is 0 Å². The van der Waals surface area contributed by atoms with Gasteiger partial charge in [-0.15, -0.1) is 0 Å². The second-order valence-electron chi connectivity index (χ2n) is 4.33. The molecule has 0 spiro atoms. The van der Waals surface area contributed by atoms with Crippen molar-refractivity contribution >= 4 is 16.7 Å². The van der Waals surface area contributed by atoms with E-state index in [2.05, 4.69) is 36.4 Å². The van der Waals surface area contributed by atoms with Crippen LogP contribution in [0.1, 0.15) is 12.5 Å². The van der Waals surface area contributed by atoms with Gasteiger partial charge >= 0.3 is 0 Å². The van der Waals surface area contributed by atoms with Crippen LogP contribution in [0.2, 0.25) is 0 Å². The van der Waals surface area contributed by atoms with Gasteiger partial charge in [-0.1, -0.05) is 42.5 Å². The second-order valence-corrected chi connectivity index (χ2v) is 4.33. The molecule has 0 heterocycles. The molecule has 0 atom stereocenters. The minimum atomic E-state index is 0.116. The molecule has 0 aromatic heterocycles. The van der Waals surface area contributed by atoms with Crippen LogP contribution >= 0.6 is 0 Å². The number of likely N-dealkylation sites (N-methyl/N-ethyl adjacent to an activating group) is 1. The van der Waals surface area contributed by atoms with Crippen LogP contribution in [0.25, 0.3) is 10.8 Å². The van der Waals surface area contributed by atoms with E-state index in [1.807, 2.05) is 13.1 Å². The highest BCUT2D eigenvalue weighted by Gasteiger charge is 2.04. The zero-order chi connectivity index (χ0) is 12.3. The van der Waals surface area contributed by atoms with Crippen LogP contribution in [0.15, 0.2) is 42.5 Å². The highest BCUT2D eigenvalue weighted by Crippen LogP contribution is 2.18. The molecule has 0 saturated heterocycles. The molecule has 2 aromatic carbocycles. The summed E-state index contributed by atoms with van der Waals surface area (Å²) in [5.74, 6) is 0.116. The Balaban J connectivity index is 2.21. The van der Waals surface area contributed by atoms with E-state index in [1.54, 1.807) is 11.8 Å². The van der Waals surface area contributed by atoms with Gasteiger partial charge in [0.1, 0.15) is 0 Å². The molecule has 2 heteroatoms. The lowest BCUT2D eigenvalue weighted by molar-refractivity contribution is -0.127. The van der Waals surface area contributed by atoms with Gasteiger partial charge in [-0.3, -0.25) is 4.79 Å². The fourth-order valence-corrected chi connectivity index (χ4v) is 1.96. The van der Waals surface area contributed by atoms with Crippen LogP contribution < -0.4 is 0 Å². The van der Waals surface area contributed by atoms with Crippen molar-refractivity contribution in [3.8, 4) is 0 Å². The summed E-state index contributed by atoms with van der Waals surface area (Å²) in [6, 6.07) is 14.7. The van der Waals surface area contributed by atoms with Crippen molar-refractivity contribution in [2.45, 2.75) is 13.3 Å². The van der Waals surface area contributed by atoms with E-state index in [0.29, 0.717) is 0 Å². The van der Waals surface area contributed by atoms with Gasteiger partial charge in [0, 0.05) is 20.5 Å². The molecule has 0 saturated carbocycles. The van der Waals surface area contributed by atoms with E-state index in [-0.39, 0.29) is 5.91 Å². The Bertz CT molecular complexity index is 528. The predicted octanol–water partition coefficient (Wildman–Crippen LogP) is 2.86. The van der Waals surface area contributed by atoms with Crippen LogP contribution in [0.5, 0.6) is 0 Å². The number of fused-ring (bicyclic) bond motifs is 1. The number of benzene rings is 2. The maximum absolute atomic E-state index is 11.2. The fourth-order valence-electron chi connectivity index (χ4n) is 1.96. The van der Waals surface area contributed by atoms with Gasteiger partial charge in [-0.2, -0.15) is 0 Å². The van der Waals surface area contributed by atoms with Crippen LogP contribution in [-0.2, 0) is 11.2 Å². The van der Waals surface area contributed by atoms with Gasteiger partial charge in [-0.25, -0.2) is 0 Å². The molecule has 0 N–H and O–H groups in total. The summed E-state index contributed by atoms with van der Waals surface area (Å²) in [7, 11) is 1.84.